The largest absolute Gasteiger partial charge is 0.490 e. The van der Waals surface area contributed by atoms with Crippen LogP contribution in [0.4, 0.5) is 5.69 Å². The molecule has 176 valence electrons. The molecule has 0 spiro atoms. The third-order valence-electron chi connectivity index (χ3n) is 4.10. The molecule has 0 heterocycles. The Morgan fingerprint density at radius 2 is 1.55 bits per heavy atom. The maximum Gasteiger partial charge on any atom is 0.252 e. The Hall–Kier alpha value is -3.86. The lowest BCUT2D eigenvalue weighted by Gasteiger charge is -2.16. The van der Waals surface area contributed by atoms with Crippen LogP contribution in [0.3, 0.4) is 0 Å². The van der Waals surface area contributed by atoms with Gasteiger partial charge in [0.1, 0.15) is 12.4 Å². The van der Waals surface area contributed by atoms with Crippen molar-refractivity contribution in [3.63, 3.8) is 0 Å². The van der Waals surface area contributed by atoms with E-state index in [1.807, 2.05) is 20.8 Å². The van der Waals surface area contributed by atoms with Gasteiger partial charge in [-0.3, -0.25) is 9.59 Å². The highest BCUT2D eigenvalue weighted by Crippen LogP contribution is 2.39. The number of rotatable bonds is 11. The van der Waals surface area contributed by atoms with Crippen molar-refractivity contribution in [2.45, 2.75) is 27.7 Å². The fraction of sp³-hybridized carbons (Fsp3) is 0.360. The zero-order valence-electron chi connectivity index (χ0n) is 19.4. The summed E-state index contributed by atoms with van der Waals surface area (Å²) in [5.41, 5.74) is 1.03. The fourth-order valence-corrected chi connectivity index (χ4v) is 2.85. The van der Waals surface area contributed by atoms with Gasteiger partial charge in [-0.2, -0.15) is 0 Å². The molecular formula is C25H30N2O6. The van der Waals surface area contributed by atoms with E-state index in [0.29, 0.717) is 54.1 Å². The molecule has 2 aromatic rings. The predicted octanol–water partition coefficient (Wildman–Crippen LogP) is 3.65. The van der Waals surface area contributed by atoms with Gasteiger partial charge in [-0.15, -0.1) is 0 Å². The number of amides is 2. The lowest BCUT2D eigenvalue weighted by molar-refractivity contribution is -0.114. The van der Waals surface area contributed by atoms with Gasteiger partial charge < -0.3 is 29.6 Å². The first kappa shape index (κ1) is 25.4. The molecule has 2 amide bonds. The first-order valence-electron chi connectivity index (χ1n) is 10.8. The highest BCUT2D eigenvalue weighted by atomic mass is 16.5. The molecule has 0 fully saturated rings. The van der Waals surface area contributed by atoms with Gasteiger partial charge in [0.05, 0.1) is 26.4 Å². The molecule has 8 nitrogen and oxygen atoms in total. The number of carbonyl (C=O) groups excluding carboxylic acids is 2. The summed E-state index contributed by atoms with van der Waals surface area (Å²) in [5, 5.41) is 5.44. The van der Waals surface area contributed by atoms with Crippen LogP contribution in [0.15, 0.2) is 36.4 Å². The highest BCUT2D eigenvalue weighted by Gasteiger charge is 2.18. The minimum atomic E-state index is -0.307. The van der Waals surface area contributed by atoms with Crippen LogP contribution in [-0.4, -0.2) is 44.8 Å². The highest BCUT2D eigenvalue weighted by molar-refractivity contribution is 5.95. The average Bonchev–Trinajstić information content (AvgIpc) is 2.78. The Bertz CT molecular complexity index is 982. The second kappa shape index (κ2) is 13.5. The molecule has 0 aromatic heterocycles. The van der Waals surface area contributed by atoms with Crippen molar-refractivity contribution in [1.29, 1.82) is 0 Å². The Kier molecular flexibility index (Phi) is 10.4. The number of hydrogen-bond donors (Lipinski definition) is 2. The van der Waals surface area contributed by atoms with Crippen LogP contribution in [0.25, 0.3) is 0 Å². The Balaban J connectivity index is 1.96. The minimum Gasteiger partial charge on any atom is -0.490 e. The molecule has 8 heteroatoms. The molecule has 0 radical (unpaired) electrons. The first-order valence-corrected chi connectivity index (χ1v) is 10.8. The van der Waals surface area contributed by atoms with Gasteiger partial charge in [0.15, 0.2) is 11.5 Å². The van der Waals surface area contributed by atoms with Crippen molar-refractivity contribution < 1.29 is 28.5 Å². The van der Waals surface area contributed by atoms with E-state index in [1.165, 1.54) is 6.92 Å². The fourth-order valence-electron chi connectivity index (χ4n) is 2.85. The molecule has 2 aromatic carbocycles. The maximum atomic E-state index is 12.6. The van der Waals surface area contributed by atoms with Crippen LogP contribution in [0.5, 0.6) is 23.0 Å². The van der Waals surface area contributed by atoms with Crippen molar-refractivity contribution in [3.05, 3.63) is 42.0 Å². The van der Waals surface area contributed by atoms with Crippen LogP contribution >= 0.6 is 0 Å². The van der Waals surface area contributed by atoms with Gasteiger partial charge in [0, 0.05) is 24.2 Å². The van der Waals surface area contributed by atoms with Gasteiger partial charge >= 0.3 is 0 Å². The predicted molar refractivity (Wildman–Crippen MR) is 126 cm³/mol. The lowest BCUT2D eigenvalue weighted by Crippen LogP contribution is -2.24. The number of ether oxygens (including phenoxy) is 4. The standard InChI is InChI=1S/C25H30N2O6/c1-5-30-22-15-19(16-23(31-6-2)24(22)32-7-3)25(29)26-13-8-9-14-33-21-12-10-11-20(17-21)27-18(4)28/h10-12,15-17H,5-7,13-14H2,1-4H3,(H,26,29)(H,27,28). The molecule has 0 saturated carbocycles. The van der Waals surface area contributed by atoms with Crippen molar-refractivity contribution in [1.82, 2.24) is 5.32 Å². The summed E-state index contributed by atoms with van der Waals surface area (Å²) < 4.78 is 22.5. The smallest absolute Gasteiger partial charge is 0.252 e. The normalized spacial score (nSPS) is 9.82. The SMILES string of the molecule is CCOc1cc(C(=O)NCC#CCOc2cccc(NC(C)=O)c2)cc(OCC)c1OCC. The molecular weight excluding hydrogens is 424 g/mol. The summed E-state index contributed by atoms with van der Waals surface area (Å²) in [5.74, 6) is 7.21. The number of hydrogen-bond acceptors (Lipinski definition) is 6. The van der Waals surface area contributed by atoms with E-state index >= 15 is 0 Å². The van der Waals surface area contributed by atoms with Crippen LogP contribution < -0.4 is 29.6 Å². The topological polar surface area (TPSA) is 95.1 Å². The quantitative estimate of drug-likeness (QED) is 0.503. The molecule has 0 aliphatic carbocycles. The summed E-state index contributed by atoms with van der Waals surface area (Å²) in [4.78, 5) is 23.7. The molecule has 0 atom stereocenters. The van der Waals surface area contributed by atoms with Gasteiger partial charge in [0.25, 0.3) is 5.91 Å². The van der Waals surface area contributed by atoms with Gasteiger partial charge in [0.2, 0.25) is 11.7 Å². The minimum absolute atomic E-state index is 0.144. The second-order valence-electron chi connectivity index (χ2n) is 6.63. The zero-order chi connectivity index (χ0) is 24.1. The van der Waals surface area contributed by atoms with Crippen molar-refractivity contribution >= 4 is 17.5 Å². The molecule has 0 aliphatic rings. The monoisotopic (exact) mass is 454 g/mol. The third-order valence-corrected chi connectivity index (χ3v) is 4.10. The van der Waals surface area contributed by atoms with Crippen LogP contribution in [0.2, 0.25) is 0 Å². The third kappa shape index (κ3) is 8.30. The molecule has 0 bridgehead atoms. The van der Waals surface area contributed by atoms with E-state index < -0.39 is 0 Å². The lowest BCUT2D eigenvalue weighted by atomic mass is 10.1. The summed E-state index contributed by atoms with van der Waals surface area (Å²) in [6, 6.07) is 10.3. The van der Waals surface area contributed by atoms with E-state index in [2.05, 4.69) is 22.5 Å². The summed E-state index contributed by atoms with van der Waals surface area (Å²) in [6.45, 7) is 8.62. The summed E-state index contributed by atoms with van der Waals surface area (Å²) >= 11 is 0. The van der Waals surface area contributed by atoms with Gasteiger partial charge in [-0.25, -0.2) is 0 Å². The average molecular weight is 455 g/mol. The van der Waals surface area contributed by atoms with Gasteiger partial charge in [-0.1, -0.05) is 17.9 Å². The van der Waals surface area contributed by atoms with Crippen LogP contribution in [0.1, 0.15) is 38.1 Å². The van der Waals surface area contributed by atoms with Crippen LogP contribution in [-0.2, 0) is 4.79 Å². The molecule has 33 heavy (non-hydrogen) atoms. The van der Waals surface area contributed by atoms with Crippen molar-refractivity contribution in [2.75, 3.05) is 38.3 Å². The Morgan fingerprint density at radius 1 is 0.879 bits per heavy atom. The number of anilines is 1. The van der Waals surface area contributed by atoms with Crippen molar-refractivity contribution in [3.8, 4) is 34.8 Å². The molecule has 0 saturated heterocycles. The zero-order valence-corrected chi connectivity index (χ0v) is 19.4. The van der Waals surface area contributed by atoms with E-state index in [0.717, 1.165) is 0 Å². The molecule has 0 unspecified atom stereocenters. The Labute approximate surface area is 194 Å². The number of nitrogens with one attached hydrogen (secondary N) is 2. The van der Waals surface area contributed by atoms with E-state index in [-0.39, 0.29) is 25.0 Å². The second-order valence-corrected chi connectivity index (χ2v) is 6.63. The summed E-state index contributed by atoms with van der Waals surface area (Å²) in [7, 11) is 0. The molecule has 0 aliphatic heterocycles. The maximum absolute atomic E-state index is 12.6. The van der Waals surface area contributed by atoms with Crippen molar-refractivity contribution in [2.24, 2.45) is 0 Å². The first-order chi connectivity index (χ1) is 16.0. The summed E-state index contributed by atoms with van der Waals surface area (Å²) in [6.07, 6.45) is 0. The van der Waals surface area contributed by atoms with Crippen LogP contribution in [0, 0.1) is 11.8 Å². The van der Waals surface area contributed by atoms with E-state index in [1.54, 1.807) is 36.4 Å². The van der Waals surface area contributed by atoms with E-state index in [9.17, 15) is 9.59 Å². The molecule has 2 rings (SSSR count). The van der Waals surface area contributed by atoms with E-state index in [4.69, 9.17) is 18.9 Å². The Morgan fingerprint density at radius 3 is 2.15 bits per heavy atom. The van der Waals surface area contributed by atoms with Gasteiger partial charge in [-0.05, 0) is 45.0 Å². The molecule has 2 N–H and O–H groups in total. The number of benzene rings is 2. The number of carbonyl (C=O) groups is 2.